The van der Waals surface area contributed by atoms with Crippen molar-refractivity contribution in [1.82, 2.24) is 10.6 Å². The molecule has 0 fully saturated rings. The van der Waals surface area contributed by atoms with Crippen molar-refractivity contribution in [1.29, 1.82) is 0 Å². The molecule has 5 nitrogen and oxygen atoms in total. The smallest absolute Gasteiger partial charge is 0.315 e. The minimum atomic E-state index is -0.270. The minimum Gasteiger partial charge on any atom is -0.461 e. The number of carbonyl (C=O) groups excluding carboxylic acids is 1. The summed E-state index contributed by atoms with van der Waals surface area (Å²) in [4.78, 5) is 12.5. The van der Waals surface area contributed by atoms with Crippen LogP contribution in [0.25, 0.3) is 11.5 Å². The van der Waals surface area contributed by atoms with E-state index in [1.54, 1.807) is 12.3 Å². The number of carbonyl (C=O) groups is 1. The van der Waals surface area contributed by atoms with Gasteiger partial charge in [0.15, 0.2) is 11.5 Å². The molecule has 140 valence electrons. The summed E-state index contributed by atoms with van der Waals surface area (Å²) in [5, 5.41) is 5.90. The molecule has 0 spiro atoms. The Morgan fingerprint density at radius 1 is 0.786 bits per heavy atom. The molecule has 0 aliphatic carbocycles. The first kappa shape index (κ1) is 17.7. The molecule has 0 bridgehead atoms. The maximum atomic E-state index is 12.5. The van der Waals surface area contributed by atoms with E-state index in [0.717, 1.165) is 11.1 Å². The average molecular weight is 372 g/mol. The van der Waals surface area contributed by atoms with E-state index < -0.39 is 0 Å². The van der Waals surface area contributed by atoms with Gasteiger partial charge in [0, 0.05) is 0 Å². The molecule has 4 rings (SSSR count). The van der Waals surface area contributed by atoms with E-state index in [1.165, 1.54) is 0 Å². The summed E-state index contributed by atoms with van der Waals surface area (Å²) in [5.74, 6) is 1.94. The number of hydrogen-bond acceptors (Lipinski definition) is 3. The third-order valence-electron chi connectivity index (χ3n) is 4.39. The molecule has 0 atom stereocenters. The standard InChI is InChI=1S/C23H20N2O3/c26-23(24-16-19-13-14-21(28-19)20-12-7-15-27-20)25-22(17-8-3-1-4-9-17)18-10-5-2-6-11-18/h1-15,22H,16H2,(H2,24,25,26). The van der Waals surface area contributed by atoms with Crippen molar-refractivity contribution in [2.24, 2.45) is 0 Å². The van der Waals surface area contributed by atoms with Crippen molar-refractivity contribution in [3.63, 3.8) is 0 Å². The van der Waals surface area contributed by atoms with Gasteiger partial charge < -0.3 is 19.5 Å². The number of amides is 2. The Balaban J connectivity index is 1.42. The van der Waals surface area contributed by atoms with Gasteiger partial charge in [0.05, 0.1) is 18.8 Å². The molecule has 2 aromatic carbocycles. The molecule has 0 aliphatic rings. The van der Waals surface area contributed by atoms with Crippen molar-refractivity contribution in [3.05, 3.63) is 108 Å². The van der Waals surface area contributed by atoms with E-state index in [-0.39, 0.29) is 18.6 Å². The van der Waals surface area contributed by atoms with Gasteiger partial charge in [0.2, 0.25) is 0 Å². The zero-order valence-electron chi connectivity index (χ0n) is 15.2. The van der Waals surface area contributed by atoms with Gasteiger partial charge in [0.1, 0.15) is 5.76 Å². The highest BCUT2D eigenvalue weighted by Crippen LogP contribution is 2.23. The van der Waals surface area contributed by atoms with Crippen molar-refractivity contribution in [3.8, 4) is 11.5 Å². The first-order valence-corrected chi connectivity index (χ1v) is 9.06. The van der Waals surface area contributed by atoms with Gasteiger partial charge in [-0.25, -0.2) is 4.79 Å². The Labute approximate surface area is 163 Å². The van der Waals surface area contributed by atoms with Crippen LogP contribution >= 0.6 is 0 Å². The lowest BCUT2D eigenvalue weighted by atomic mass is 9.99. The van der Waals surface area contributed by atoms with Crippen LogP contribution in [-0.4, -0.2) is 6.03 Å². The number of benzene rings is 2. The minimum absolute atomic E-state index is 0.238. The van der Waals surface area contributed by atoms with Gasteiger partial charge in [0.25, 0.3) is 0 Å². The number of furan rings is 2. The lowest BCUT2D eigenvalue weighted by molar-refractivity contribution is 0.237. The molecule has 28 heavy (non-hydrogen) atoms. The molecule has 0 saturated heterocycles. The van der Waals surface area contributed by atoms with Crippen molar-refractivity contribution in [2.75, 3.05) is 0 Å². The molecule has 2 amide bonds. The van der Waals surface area contributed by atoms with Gasteiger partial charge in [-0.05, 0) is 35.4 Å². The second-order valence-corrected chi connectivity index (χ2v) is 6.32. The van der Waals surface area contributed by atoms with Crippen molar-refractivity contribution in [2.45, 2.75) is 12.6 Å². The molecule has 4 aromatic rings. The molecule has 2 N–H and O–H groups in total. The molecule has 0 saturated carbocycles. The number of rotatable bonds is 6. The largest absolute Gasteiger partial charge is 0.461 e. The van der Waals surface area contributed by atoms with Gasteiger partial charge >= 0.3 is 6.03 Å². The molecule has 0 unspecified atom stereocenters. The van der Waals surface area contributed by atoms with E-state index in [2.05, 4.69) is 10.6 Å². The first-order chi connectivity index (χ1) is 13.8. The van der Waals surface area contributed by atoms with E-state index in [1.807, 2.05) is 78.9 Å². The summed E-state index contributed by atoms with van der Waals surface area (Å²) < 4.78 is 11.0. The van der Waals surface area contributed by atoms with Crippen LogP contribution in [0.2, 0.25) is 0 Å². The summed E-state index contributed by atoms with van der Waals surface area (Å²) in [6, 6.07) is 26.5. The Hall–Kier alpha value is -3.73. The average Bonchev–Trinajstić information content (AvgIpc) is 3.43. The highest BCUT2D eigenvalue weighted by Gasteiger charge is 2.16. The van der Waals surface area contributed by atoms with Crippen LogP contribution in [0, 0.1) is 0 Å². The van der Waals surface area contributed by atoms with Crippen LogP contribution in [-0.2, 0) is 6.54 Å². The lowest BCUT2D eigenvalue weighted by Gasteiger charge is -2.20. The van der Waals surface area contributed by atoms with Crippen LogP contribution < -0.4 is 10.6 Å². The third kappa shape index (κ3) is 4.15. The maximum Gasteiger partial charge on any atom is 0.315 e. The zero-order valence-corrected chi connectivity index (χ0v) is 15.2. The molecule has 0 aliphatic heterocycles. The summed E-state index contributed by atoms with van der Waals surface area (Å²) in [6.07, 6.45) is 1.59. The Kier molecular flexibility index (Phi) is 5.24. The highest BCUT2D eigenvalue weighted by atomic mass is 16.4. The number of nitrogens with one attached hydrogen (secondary N) is 2. The van der Waals surface area contributed by atoms with E-state index in [4.69, 9.17) is 8.83 Å². The number of urea groups is 1. The summed E-state index contributed by atoms with van der Waals surface area (Å²) in [6.45, 7) is 0.281. The maximum absolute atomic E-state index is 12.5. The zero-order chi connectivity index (χ0) is 19.2. The fourth-order valence-electron chi connectivity index (χ4n) is 3.02. The Morgan fingerprint density at radius 3 is 2.07 bits per heavy atom. The monoisotopic (exact) mass is 372 g/mol. The predicted octanol–water partition coefficient (Wildman–Crippen LogP) is 5.13. The van der Waals surface area contributed by atoms with E-state index in [9.17, 15) is 4.79 Å². The quantitative estimate of drug-likeness (QED) is 0.493. The summed E-state index contributed by atoms with van der Waals surface area (Å²) >= 11 is 0. The molecule has 2 heterocycles. The molecule has 0 radical (unpaired) electrons. The Morgan fingerprint density at radius 2 is 1.46 bits per heavy atom. The van der Waals surface area contributed by atoms with Crippen LogP contribution in [0.4, 0.5) is 4.79 Å². The highest BCUT2D eigenvalue weighted by molar-refractivity contribution is 5.75. The lowest BCUT2D eigenvalue weighted by Crippen LogP contribution is -2.38. The normalized spacial score (nSPS) is 10.8. The van der Waals surface area contributed by atoms with Crippen molar-refractivity contribution < 1.29 is 13.6 Å². The van der Waals surface area contributed by atoms with Crippen LogP contribution in [0.1, 0.15) is 22.9 Å². The second-order valence-electron chi connectivity index (χ2n) is 6.32. The topological polar surface area (TPSA) is 67.4 Å². The van der Waals surface area contributed by atoms with Crippen molar-refractivity contribution >= 4 is 6.03 Å². The molecule has 5 heteroatoms. The third-order valence-corrected chi connectivity index (χ3v) is 4.39. The van der Waals surface area contributed by atoms with Gasteiger partial charge in [-0.2, -0.15) is 0 Å². The SMILES string of the molecule is O=C(NCc1ccc(-c2ccco2)o1)NC(c1ccccc1)c1ccccc1. The summed E-state index contributed by atoms with van der Waals surface area (Å²) in [7, 11) is 0. The van der Waals surface area contributed by atoms with Gasteiger partial charge in [-0.1, -0.05) is 60.7 Å². The summed E-state index contributed by atoms with van der Waals surface area (Å²) in [5.41, 5.74) is 2.03. The predicted molar refractivity (Wildman–Crippen MR) is 107 cm³/mol. The second kappa shape index (κ2) is 8.31. The first-order valence-electron chi connectivity index (χ1n) is 9.06. The van der Waals surface area contributed by atoms with Crippen LogP contribution in [0.15, 0.2) is 100 Å². The van der Waals surface area contributed by atoms with E-state index >= 15 is 0 Å². The number of hydrogen-bond donors (Lipinski definition) is 2. The van der Waals surface area contributed by atoms with Crippen LogP contribution in [0.5, 0.6) is 0 Å². The van der Waals surface area contributed by atoms with Gasteiger partial charge in [-0.3, -0.25) is 0 Å². The molecule has 2 aromatic heterocycles. The van der Waals surface area contributed by atoms with Crippen LogP contribution in [0.3, 0.4) is 0 Å². The molecular formula is C23H20N2O3. The van der Waals surface area contributed by atoms with E-state index in [0.29, 0.717) is 17.3 Å². The molecular weight excluding hydrogens is 352 g/mol. The Bertz CT molecular complexity index is 969. The van der Waals surface area contributed by atoms with Gasteiger partial charge in [-0.15, -0.1) is 0 Å². The fraction of sp³-hybridized carbons (Fsp3) is 0.0870. The fourth-order valence-corrected chi connectivity index (χ4v) is 3.02.